The molecule has 0 bridgehead atoms. The summed E-state index contributed by atoms with van der Waals surface area (Å²) in [6, 6.07) is 0. The maximum absolute atomic E-state index is 6.93. The molecule has 32 nitrogen and oxygen atoms in total. The molecule has 232 valence electrons. The molecule has 0 saturated heterocycles. The summed E-state index contributed by atoms with van der Waals surface area (Å²) >= 11 is 0. The SMILES string of the molecule is C/N=N/c1n[nH]c(NC2=NN=C(n3nc(/N=N/C/N=N/c4n[nH]c(Nc5nnc(-n6nc(N=N)nc6N)nn5)n4)nc3N)NN2)n1. The van der Waals surface area contributed by atoms with Gasteiger partial charge in [-0.3, -0.25) is 21.5 Å². The van der Waals surface area contributed by atoms with Crippen molar-refractivity contribution in [2.75, 3.05) is 35.8 Å². The highest BCUT2D eigenvalue weighted by molar-refractivity contribution is 5.96. The van der Waals surface area contributed by atoms with Crippen molar-refractivity contribution in [2.45, 2.75) is 0 Å². The molecule has 0 unspecified atom stereocenters. The van der Waals surface area contributed by atoms with Gasteiger partial charge in [-0.2, -0.15) is 44.6 Å². The Morgan fingerprint density at radius 3 is 2.07 bits per heavy atom. The van der Waals surface area contributed by atoms with Gasteiger partial charge in [-0.15, -0.1) is 71.4 Å². The number of guanidine groups is 1. The van der Waals surface area contributed by atoms with Crippen molar-refractivity contribution in [3.05, 3.63) is 0 Å². The van der Waals surface area contributed by atoms with Crippen LogP contribution in [-0.4, -0.2) is 106 Å². The number of nitrogens with one attached hydrogen (secondary N) is 7. The average Bonchev–Trinajstić information content (AvgIpc) is 3.86. The van der Waals surface area contributed by atoms with Crippen LogP contribution in [0.1, 0.15) is 0 Å². The van der Waals surface area contributed by atoms with E-state index in [0.29, 0.717) is 0 Å². The zero-order chi connectivity index (χ0) is 31.9. The second kappa shape index (κ2) is 12.5. The molecule has 0 aromatic carbocycles. The number of nitrogens with zero attached hydrogens (tertiary/aromatic N) is 23. The summed E-state index contributed by atoms with van der Waals surface area (Å²) in [6.07, 6.45) is 0. The fraction of sp³-hybridized carbons (Fsp3) is 0.143. The number of aromatic nitrogens is 16. The molecule has 1 aliphatic heterocycles. The largest absolute Gasteiger partial charge is 0.368 e. The summed E-state index contributed by atoms with van der Waals surface area (Å²) in [6.45, 7) is -0.214. The first kappa shape index (κ1) is 28.2. The minimum atomic E-state index is -0.214. The normalized spacial score (nSPS) is 13.2. The van der Waals surface area contributed by atoms with E-state index in [2.05, 4.69) is 138 Å². The minimum absolute atomic E-state index is 0.0394. The van der Waals surface area contributed by atoms with Gasteiger partial charge in [0.15, 0.2) is 6.67 Å². The van der Waals surface area contributed by atoms with E-state index < -0.39 is 0 Å². The van der Waals surface area contributed by atoms with E-state index in [4.69, 9.17) is 17.0 Å². The zero-order valence-corrected chi connectivity index (χ0v) is 22.6. The van der Waals surface area contributed by atoms with Crippen molar-refractivity contribution in [1.82, 2.24) is 91.1 Å². The molecule has 6 rings (SSSR count). The lowest BCUT2D eigenvalue weighted by Crippen LogP contribution is -2.50. The van der Waals surface area contributed by atoms with E-state index in [1.807, 2.05) is 0 Å². The van der Waals surface area contributed by atoms with Gasteiger partial charge in [0.2, 0.25) is 29.8 Å². The van der Waals surface area contributed by atoms with E-state index >= 15 is 0 Å². The van der Waals surface area contributed by atoms with Crippen LogP contribution < -0.4 is 33.0 Å². The smallest absolute Gasteiger partial charge is 0.292 e. The van der Waals surface area contributed by atoms with Crippen LogP contribution in [0, 0.1) is 5.53 Å². The number of nitrogens with two attached hydrogens (primary N) is 2. The monoisotopic (exact) mass is 632 g/mol. The van der Waals surface area contributed by atoms with Crippen LogP contribution in [0.15, 0.2) is 46.0 Å². The van der Waals surface area contributed by atoms with Crippen molar-refractivity contribution in [2.24, 2.45) is 46.0 Å². The van der Waals surface area contributed by atoms with Gasteiger partial charge in [0, 0.05) is 7.05 Å². The second-order valence-corrected chi connectivity index (χ2v) is 7.76. The molecule has 0 atom stereocenters. The molecule has 0 radical (unpaired) electrons. The number of H-pyrrole nitrogens is 2. The maximum Gasteiger partial charge on any atom is 0.292 e. The quantitative estimate of drug-likeness (QED) is 0.0788. The first-order valence-corrected chi connectivity index (χ1v) is 12.0. The molecule has 5 aromatic rings. The van der Waals surface area contributed by atoms with Crippen LogP contribution in [0.5, 0.6) is 0 Å². The number of anilines is 5. The van der Waals surface area contributed by atoms with Crippen LogP contribution in [0.3, 0.4) is 0 Å². The Bertz CT molecular complexity index is 1970. The number of hydrogen-bond acceptors (Lipinski definition) is 28. The molecule has 0 saturated carbocycles. The maximum atomic E-state index is 6.93. The number of azo groups is 3. The molecular weight excluding hydrogens is 616 g/mol. The Balaban J connectivity index is 0.994. The van der Waals surface area contributed by atoms with Gasteiger partial charge in [-0.05, 0) is 0 Å². The summed E-state index contributed by atoms with van der Waals surface area (Å²) in [5.74, 6) is 0.183. The van der Waals surface area contributed by atoms with Crippen LogP contribution in [-0.2, 0) is 0 Å². The lowest BCUT2D eigenvalue weighted by Gasteiger charge is -2.16. The summed E-state index contributed by atoms with van der Waals surface area (Å²) < 4.78 is 2.15. The van der Waals surface area contributed by atoms with Crippen molar-refractivity contribution in [3.63, 3.8) is 0 Å². The average molecular weight is 633 g/mol. The van der Waals surface area contributed by atoms with Crippen molar-refractivity contribution >= 4 is 65.5 Å². The molecule has 46 heavy (non-hydrogen) atoms. The molecule has 1 aliphatic rings. The Hall–Kier alpha value is -7.96. The number of aromatic amines is 2. The van der Waals surface area contributed by atoms with Gasteiger partial charge in [0.25, 0.3) is 41.6 Å². The highest BCUT2D eigenvalue weighted by Crippen LogP contribution is 2.14. The molecule has 0 aliphatic carbocycles. The Morgan fingerprint density at radius 1 is 0.739 bits per heavy atom. The van der Waals surface area contributed by atoms with Gasteiger partial charge < -0.3 is 11.5 Å². The van der Waals surface area contributed by atoms with E-state index in [9.17, 15) is 0 Å². The number of hydrogen-bond donors (Lipinski definition) is 9. The number of nitrogen functional groups attached to an aromatic ring is 2. The summed E-state index contributed by atoms with van der Waals surface area (Å²) in [4.78, 5) is 15.8. The van der Waals surface area contributed by atoms with Gasteiger partial charge in [0.05, 0.1) is 0 Å². The standard InChI is InChI=1S/C14H16N32/c1-18-28-8-23-5(31-33-8)25-10-37-41-14(42-38-10)46-4(16)22-12(44-46)30-20-2-19-29-9-24-6(32-34-9)26-11-35-39-13(40-36-11)45-3(15)21-7(27-17)43-45/h17H,2H2,1H3,(H,41,42)(H2,15,21,43)(H2,16,22,44)(H3,23,25,31,33,37,38)(H2,24,26,32,34,35,36)/b27-17?,28-18+,29-19+,30-20+. The van der Waals surface area contributed by atoms with Crippen LogP contribution in [0.4, 0.5) is 53.5 Å². The predicted molar refractivity (Wildman–Crippen MR) is 147 cm³/mol. The van der Waals surface area contributed by atoms with E-state index in [0.717, 1.165) is 9.36 Å². The van der Waals surface area contributed by atoms with Crippen LogP contribution >= 0.6 is 0 Å². The molecule has 0 fully saturated rings. The van der Waals surface area contributed by atoms with Gasteiger partial charge in [-0.1, -0.05) is 0 Å². The topological polar surface area (TPSA) is 431 Å². The van der Waals surface area contributed by atoms with Crippen molar-refractivity contribution in [1.29, 1.82) is 5.53 Å². The highest BCUT2D eigenvalue weighted by atomic mass is 15.6. The van der Waals surface area contributed by atoms with Crippen LogP contribution in [0.25, 0.3) is 5.95 Å². The zero-order valence-electron chi connectivity index (χ0n) is 22.6. The van der Waals surface area contributed by atoms with Gasteiger partial charge in [-0.25, -0.2) is 15.7 Å². The Labute approximate surface area is 250 Å². The Morgan fingerprint density at radius 2 is 1.39 bits per heavy atom. The molecule has 6 heterocycles. The van der Waals surface area contributed by atoms with E-state index in [-0.39, 0.29) is 78.1 Å². The first-order chi connectivity index (χ1) is 22.5. The third-order valence-corrected chi connectivity index (χ3v) is 4.79. The molecule has 32 heteroatoms. The lowest BCUT2D eigenvalue weighted by atomic mass is 10.8. The summed E-state index contributed by atoms with van der Waals surface area (Å²) in [5.41, 5.74) is 24.0. The molecule has 0 amide bonds. The van der Waals surface area contributed by atoms with Gasteiger partial charge >= 0.3 is 0 Å². The van der Waals surface area contributed by atoms with E-state index in [1.165, 1.54) is 7.05 Å². The summed E-state index contributed by atoms with van der Waals surface area (Å²) in [5, 5.41) is 75.1. The third-order valence-electron chi connectivity index (χ3n) is 4.79. The Kier molecular flexibility index (Phi) is 7.66. The second-order valence-electron chi connectivity index (χ2n) is 7.76. The highest BCUT2D eigenvalue weighted by Gasteiger charge is 2.17. The number of hydrazine groups is 1. The molecule has 5 aromatic heterocycles. The summed E-state index contributed by atoms with van der Waals surface area (Å²) in [7, 11) is 1.49. The van der Waals surface area contributed by atoms with E-state index in [1.54, 1.807) is 0 Å². The predicted octanol–water partition coefficient (Wildman–Crippen LogP) is -1.52. The molecule has 0 spiro atoms. The fourth-order valence-electron chi connectivity index (χ4n) is 3.02. The van der Waals surface area contributed by atoms with Crippen LogP contribution in [0.2, 0.25) is 0 Å². The third kappa shape index (κ3) is 6.42. The van der Waals surface area contributed by atoms with Crippen molar-refractivity contribution < 1.29 is 0 Å². The first-order valence-electron chi connectivity index (χ1n) is 12.0. The van der Waals surface area contributed by atoms with Crippen molar-refractivity contribution in [3.8, 4) is 5.95 Å². The van der Waals surface area contributed by atoms with Gasteiger partial charge in [0.1, 0.15) is 0 Å². The molecular formula is C14H16N32. The molecule has 11 N–H and O–H groups in total. The fourth-order valence-corrected chi connectivity index (χ4v) is 3.02. The minimum Gasteiger partial charge on any atom is -0.368 e. The lowest BCUT2D eigenvalue weighted by molar-refractivity contribution is 0.737. The number of rotatable bonds is 10.